The molecule has 1 amide bonds. The number of pyridine rings is 1. The first-order chi connectivity index (χ1) is 10.1. The van der Waals surface area contributed by atoms with Gasteiger partial charge in [-0.2, -0.15) is 0 Å². The van der Waals surface area contributed by atoms with Crippen molar-refractivity contribution in [2.75, 3.05) is 26.2 Å². The standard InChI is InChI=1S/C15H21ClFN3O/c1-11(10-20-5-3-2-4-6-20)8-19-15(21)13-7-12(17)9-18-14(13)16/h7,9,11H,2-6,8,10H2,1H3,(H,19,21). The van der Waals surface area contributed by atoms with Crippen molar-refractivity contribution < 1.29 is 9.18 Å². The second kappa shape index (κ2) is 7.71. The Morgan fingerprint density at radius 2 is 2.19 bits per heavy atom. The van der Waals surface area contributed by atoms with E-state index in [9.17, 15) is 9.18 Å². The number of carbonyl (C=O) groups excluding carboxylic acids is 1. The molecule has 116 valence electrons. The van der Waals surface area contributed by atoms with Gasteiger partial charge in [0.25, 0.3) is 5.91 Å². The van der Waals surface area contributed by atoms with E-state index in [0.29, 0.717) is 12.5 Å². The average Bonchev–Trinajstić information content (AvgIpc) is 2.48. The summed E-state index contributed by atoms with van der Waals surface area (Å²) in [6.45, 7) is 5.88. The predicted molar refractivity (Wildman–Crippen MR) is 81.0 cm³/mol. The smallest absolute Gasteiger partial charge is 0.254 e. The molecule has 1 aromatic heterocycles. The monoisotopic (exact) mass is 313 g/mol. The van der Waals surface area contributed by atoms with Crippen LogP contribution in [0.4, 0.5) is 4.39 Å². The Bertz CT molecular complexity index is 492. The number of halogens is 2. The molecule has 0 radical (unpaired) electrons. The summed E-state index contributed by atoms with van der Waals surface area (Å²) >= 11 is 5.82. The minimum atomic E-state index is -0.564. The number of aromatic nitrogens is 1. The molecule has 4 nitrogen and oxygen atoms in total. The van der Waals surface area contributed by atoms with E-state index in [1.165, 1.54) is 19.3 Å². The molecule has 1 aliphatic rings. The van der Waals surface area contributed by atoms with Gasteiger partial charge in [-0.3, -0.25) is 4.79 Å². The fraction of sp³-hybridized carbons (Fsp3) is 0.600. The highest BCUT2D eigenvalue weighted by Crippen LogP contribution is 2.14. The number of rotatable bonds is 5. The van der Waals surface area contributed by atoms with Gasteiger partial charge in [-0.25, -0.2) is 9.37 Å². The van der Waals surface area contributed by atoms with Crippen molar-refractivity contribution in [2.24, 2.45) is 5.92 Å². The number of piperidine rings is 1. The van der Waals surface area contributed by atoms with Crippen molar-refractivity contribution in [1.29, 1.82) is 0 Å². The number of hydrogen-bond donors (Lipinski definition) is 1. The first-order valence-electron chi connectivity index (χ1n) is 7.38. The zero-order valence-electron chi connectivity index (χ0n) is 12.2. The van der Waals surface area contributed by atoms with Gasteiger partial charge >= 0.3 is 0 Å². The van der Waals surface area contributed by atoms with Crippen LogP contribution in [0.5, 0.6) is 0 Å². The van der Waals surface area contributed by atoms with Crippen molar-refractivity contribution in [3.63, 3.8) is 0 Å². The van der Waals surface area contributed by atoms with Crippen LogP contribution in [0.25, 0.3) is 0 Å². The highest BCUT2D eigenvalue weighted by atomic mass is 35.5. The Hall–Kier alpha value is -1.20. The maximum absolute atomic E-state index is 13.1. The quantitative estimate of drug-likeness (QED) is 0.850. The van der Waals surface area contributed by atoms with Gasteiger partial charge in [-0.15, -0.1) is 0 Å². The van der Waals surface area contributed by atoms with Crippen LogP contribution in [0.15, 0.2) is 12.3 Å². The first-order valence-corrected chi connectivity index (χ1v) is 7.75. The maximum atomic E-state index is 13.1. The third-order valence-corrected chi connectivity index (χ3v) is 3.98. The molecule has 6 heteroatoms. The van der Waals surface area contributed by atoms with Crippen LogP contribution < -0.4 is 5.32 Å². The SMILES string of the molecule is CC(CNC(=O)c1cc(F)cnc1Cl)CN1CCCCC1. The van der Waals surface area contributed by atoms with E-state index in [1.807, 2.05) is 0 Å². The molecular weight excluding hydrogens is 293 g/mol. The number of carbonyl (C=O) groups is 1. The minimum absolute atomic E-state index is 0.0255. The van der Waals surface area contributed by atoms with E-state index in [-0.39, 0.29) is 16.6 Å². The number of likely N-dealkylation sites (tertiary alicyclic amines) is 1. The largest absolute Gasteiger partial charge is 0.352 e. The lowest BCUT2D eigenvalue weighted by Gasteiger charge is -2.29. The molecule has 1 aliphatic heterocycles. The van der Waals surface area contributed by atoms with Gasteiger partial charge in [0.2, 0.25) is 0 Å². The van der Waals surface area contributed by atoms with Crippen LogP contribution in [0.2, 0.25) is 5.15 Å². The van der Waals surface area contributed by atoms with E-state index >= 15 is 0 Å². The number of nitrogens with one attached hydrogen (secondary N) is 1. The molecule has 0 aliphatic carbocycles. The van der Waals surface area contributed by atoms with Gasteiger partial charge in [0, 0.05) is 13.1 Å². The summed E-state index contributed by atoms with van der Waals surface area (Å²) in [7, 11) is 0. The van der Waals surface area contributed by atoms with Crippen molar-refractivity contribution in [1.82, 2.24) is 15.2 Å². The molecule has 0 spiro atoms. The van der Waals surface area contributed by atoms with Gasteiger partial charge in [0.1, 0.15) is 11.0 Å². The normalized spacial score (nSPS) is 17.5. The molecule has 0 saturated carbocycles. The first kappa shape index (κ1) is 16.2. The Labute approximate surface area is 129 Å². The van der Waals surface area contributed by atoms with Gasteiger partial charge in [-0.05, 0) is 37.9 Å². The summed E-state index contributed by atoms with van der Waals surface area (Å²) in [6, 6.07) is 1.11. The summed E-state index contributed by atoms with van der Waals surface area (Å²) in [5, 5.41) is 2.83. The van der Waals surface area contributed by atoms with Crippen molar-refractivity contribution in [3.05, 3.63) is 28.8 Å². The third-order valence-electron chi connectivity index (χ3n) is 3.68. The zero-order valence-corrected chi connectivity index (χ0v) is 13.0. The van der Waals surface area contributed by atoms with Crippen LogP contribution in [0, 0.1) is 11.7 Å². The van der Waals surface area contributed by atoms with E-state index in [0.717, 1.165) is 31.9 Å². The molecule has 1 N–H and O–H groups in total. The molecule has 0 aromatic carbocycles. The predicted octanol–water partition coefficient (Wildman–Crippen LogP) is 2.73. The third kappa shape index (κ3) is 4.93. The molecular formula is C15H21ClFN3O. The summed E-state index contributed by atoms with van der Waals surface area (Å²) in [4.78, 5) is 18.1. The molecule has 1 unspecified atom stereocenters. The van der Waals surface area contributed by atoms with Gasteiger partial charge in [-0.1, -0.05) is 24.9 Å². The molecule has 2 heterocycles. The van der Waals surface area contributed by atoms with Crippen LogP contribution >= 0.6 is 11.6 Å². The van der Waals surface area contributed by atoms with Gasteiger partial charge in [0.05, 0.1) is 11.8 Å². The van der Waals surface area contributed by atoms with E-state index < -0.39 is 5.82 Å². The van der Waals surface area contributed by atoms with Crippen molar-refractivity contribution in [2.45, 2.75) is 26.2 Å². The van der Waals surface area contributed by atoms with E-state index in [4.69, 9.17) is 11.6 Å². The summed E-state index contributed by atoms with van der Waals surface area (Å²) < 4.78 is 13.1. The fourth-order valence-electron chi connectivity index (χ4n) is 2.59. The van der Waals surface area contributed by atoms with Crippen molar-refractivity contribution >= 4 is 17.5 Å². The number of amides is 1. The highest BCUT2D eigenvalue weighted by Gasteiger charge is 2.16. The van der Waals surface area contributed by atoms with Crippen LogP contribution in [-0.4, -0.2) is 42.0 Å². The zero-order chi connectivity index (χ0) is 15.2. The Morgan fingerprint density at radius 1 is 1.48 bits per heavy atom. The highest BCUT2D eigenvalue weighted by molar-refractivity contribution is 6.32. The number of nitrogens with zero attached hydrogens (tertiary/aromatic N) is 2. The topological polar surface area (TPSA) is 45.2 Å². The summed E-state index contributed by atoms with van der Waals surface area (Å²) in [5.41, 5.74) is 0.0850. The molecule has 1 atom stereocenters. The lowest BCUT2D eigenvalue weighted by molar-refractivity contribution is 0.0942. The Balaban J connectivity index is 1.81. The minimum Gasteiger partial charge on any atom is -0.352 e. The molecule has 21 heavy (non-hydrogen) atoms. The van der Waals surface area contributed by atoms with Gasteiger partial charge < -0.3 is 10.2 Å². The van der Waals surface area contributed by atoms with E-state index in [2.05, 4.69) is 22.1 Å². The van der Waals surface area contributed by atoms with E-state index in [1.54, 1.807) is 0 Å². The molecule has 1 aromatic rings. The molecule has 0 bridgehead atoms. The lowest BCUT2D eigenvalue weighted by atomic mass is 10.1. The van der Waals surface area contributed by atoms with Crippen LogP contribution in [-0.2, 0) is 0 Å². The summed E-state index contributed by atoms with van der Waals surface area (Å²) in [5.74, 6) is -0.601. The van der Waals surface area contributed by atoms with Crippen LogP contribution in [0.1, 0.15) is 36.5 Å². The Morgan fingerprint density at radius 3 is 2.90 bits per heavy atom. The molecule has 1 saturated heterocycles. The molecule has 1 fully saturated rings. The van der Waals surface area contributed by atoms with Crippen LogP contribution in [0.3, 0.4) is 0 Å². The van der Waals surface area contributed by atoms with Crippen molar-refractivity contribution in [3.8, 4) is 0 Å². The van der Waals surface area contributed by atoms with Gasteiger partial charge in [0.15, 0.2) is 0 Å². The number of hydrogen-bond acceptors (Lipinski definition) is 3. The maximum Gasteiger partial charge on any atom is 0.254 e. The lowest BCUT2D eigenvalue weighted by Crippen LogP contribution is -2.38. The summed E-state index contributed by atoms with van der Waals surface area (Å²) in [6.07, 6.45) is 4.82. The second-order valence-electron chi connectivity index (χ2n) is 5.67. The fourth-order valence-corrected chi connectivity index (χ4v) is 2.78. The second-order valence-corrected chi connectivity index (χ2v) is 6.03. The average molecular weight is 314 g/mol. The molecule has 2 rings (SSSR count). The Kier molecular flexibility index (Phi) is 5.94.